The van der Waals surface area contributed by atoms with Gasteiger partial charge >= 0.3 is 0 Å². The van der Waals surface area contributed by atoms with Crippen molar-refractivity contribution in [2.45, 2.75) is 58.0 Å². The van der Waals surface area contributed by atoms with Gasteiger partial charge in [0.15, 0.2) is 5.13 Å². The topological polar surface area (TPSA) is 42.2 Å². The Morgan fingerprint density at radius 3 is 2.78 bits per heavy atom. The highest BCUT2D eigenvalue weighted by atomic mass is 32.1. The van der Waals surface area contributed by atoms with Crippen LogP contribution in [0.1, 0.15) is 56.0 Å². The highest BCUT2D eigenvalue weighted by Crippen LogP contribution is 2.45. The van der Waals surface area contributed by atoms with Crippen molar-refractivity contribution in [3.05, 3.63) is 10.6 Å². The Kier molecular flexibility index (Phi) is 3.32. The summed E-state index contributed by atoms with van der Waals surface area (Å²) in [6.45, 7) is 6.47. The molecule has 0 bridgehead atoms. The summed E-state index contributed by atoms with van der Waals surface area (Å²) in [4.78, 5) is 8.77. The fourth-order valence-corrected chi connectivity index (χ4v) is 4.13. The van der Waals surface area contributed by atoms with E-state index < -0.39 is 0 Å². The molecule has 0 aromatic carbocycles. The fourth-order valence-electron chi connectivity index (χ4n) is 3.02. The van der Waals surface area contributed by atoms with Crippen molar-refractivity contribution < 1.29 is 0 Å². The van der Waals surface area contributed by atoms with E-state index in [2.05, 4.69) is 18.7 Å². The van der Waals surface area contributed by atoms with Crippen molar-refractivity contribution >= 4 is 16.5 Å². The quantitative estimate of drug-likeness (QED) is 0.909. The van der Waals surface area contributed by atoms with Gasteiger partial charge in [0.05, 0.1) is 5.69 Å². The minimum Gasteiger partial charge on any atom is -0.345 e. The minimum atomic E-state index is 0.656. The molecule has 1 atom stereocenters. The number of rotatable bonds is 4. The van der Waals surface area contributed by atoms with Crippen molar-refractivity contribution in [3.63, 3.8) is 0 Å². The zero-order chi connectivity index (χ0) is 12.7. The molecule has 2 heterocycles. The summed E-state index contributed by atoms with van der Waals surface area (Å²) in [6.07, 6.45) is 5.24. The maximum Gasteiger partial charge on any atom is 0.186 e. The first-order valence-electron chi connectivity index (χ1n) is 7.17. The van der Waals surface area contributed by atoms with Gasteiger partial charge in [0.1, 0.15) is 0 Å². The standard InChI is InChI=1S/C14H23N3S/c1-9(2)11-4-3-7-17(11)14-16-13(10-5-6-10)12(8-15)18-14/h9-11H,3-8,15H2,1-2H3. The van der Waals surface area contributed by atoms with Gasteiger partial charge < -0.3 is 10.6 Å². The Morgan fingerprint density at radius 2 is 2.17 bits per heavy atom. The third-order valence-electron chi connectivity index (χ3n) is 4.18. The van der Waals surface area contributed by atoms with Gasteiger partial charge in [-0.05, 0) is 31.6 Å². The van der Waals surface area contributed by atoms with Gasteiger partial charge in [0, 0.05) is 29.9 Å². The Labute approximate surface area is 113 Å². The normalized spacial score (nSPS) is 24.2. The monoisotopic (exact) mass is 265 g/mol. The lowest BCUT2D eigenvalue weighted by Crippen LogP contribution is -2.33. The predicted octanol–water partition coefficient (Wildman–Crippen LogP) is 3.10. The predicted molar refractivity (Wildman–Crippen MR) is 77.2 cm³/mol. The smallest absolute Gasteiger partial charge is 0.186 e. The average molecular weight is 265 g/mol. The second-order valence-electron chi connectivity index (χ2n) is 5.93. The summed E-state index contributed by atoms with van der Waals surface area (Å²) in [5.74, 6) is 1.43. The average Bonchev–Trinajstić information content (AvgIpc) is 2.94. The van der Waals surface area contributed by atoms with Gasteiger partial charge in [-0.2, -0.15) is 0 Å². The number of hydrogen-bond acceptors (Lipinski definition) is 4. The van der Waals surface area contributed by atoms with Crippen LogP contribution in [0.4, 0.5) is 5.13 Å². The number of hydrogen-bond donors (Lipinski definition) is 1. The van der Waals surface area contributed by atoms with Gasteiger partial charge in [0.25, 0.3) is 0 Å². The van der Waals surface area contributed by atoms with E-state index in [1.54, 1.807) is 0 Å². The zero-order valence-electron chi connectivity index (χ0n) is 11.4. The summed E-state index contributed by atoms with van der Waals surface area (Å²) in [5, 5.41) is 1.23. The molecule has 1 aliphatic heterocycles. The third-order valence-corrected chi connectivity index (χ3v) is 5.31. The van der Waals surface area contributed by atoms with Crippen molar-refractivity contribution in [2.75, 3.05) is 11.4 Å². The van der Waals surface area contributed by atoms with Crippen LogP contribution in [-0.4, -0.2) is 17.6 Å². The molecule has 1 aliphatic carbocycles. The number of aromatic nitrogens is 1. The first-order chi connectivity index (χ1) is 8.70. The van der Waals surface area contributed by atoms with E-state index in [-0.39, 0.29) is 0 Å². The summed E-state index contributed by atoms with van der Waals surface area (Å²) < 4.78 is 0. The van der Waals surface area contributed by atoms with Crippen LogP contribution in [0.15, 0.2) is 0 Å². The lowest BCUT2D eigenvalue weighted by atomic mass is 10.0. The van der Waals surface area contributed by atoms with Crippen LogP contribution in [0.3, 0.4) is 0 Å². The molecule has 2 aliphatic rings. The lowest BCUT2D eigenvalue weighted by Gasteiger charge is -2.27. The van der Waals surface area contributed by atoms with Crippen molar-refractivity contribution in [1.29, 1.82) is 0 Å². The molecule has 0 radical (unpaired) electrons. The summed E-state index contributed by atoms with van der Waals surface area (Å²) in [7, 11) is 0. The fraction of sp³-hybridized carbons (Fsp3) is 0.786. The first kappa shape index (κ1) is 12.4. The SMILES string of the molecule is CC(C)C1CCCN1c1nc(C2CC2)c(CN)s1. The molecule has 0 amide bonds. The molecular formula is C14H23N3S. The van der Waals surface area contributed by atoms with Gasteiger partial charge in [-0.15, -0.1) is 11.3 Å². The largest absolute Gasteiger partial charge is 0.345 e. The molecule has 1 unspecified atom stereocenters. The van der Waals surface area contributed by atoms with Crippen LogP contribution in [0.5, 0.6) is 0 Å². The molecule has 4 heteroatoms. The molecule has 100 valence electrons. The minimum absolute atomic E-state index is 0.656. The van der Waals surface area contributed by atoms with E-state index in [0.717, 1.165) is 0 Å². The molecule has 3 rings (SSSR count). The number of nitrogens with two attached hydrogens (primary N) is 1. The molecule has 2 fully saturated rings. The molecular weight excluding hydrogens is 242 g/mol. The third kappa shape index (κ3) is 2.16. The summed E-state index contributed by atoms with van der Waals surface area (Å²) >= 11 is 1.84. The van der Waals surface area contributed by atoms with Crippen LogP contribution < -0.4 is 10.6 Å². The van der Waals surface area contributed by atoms with Crippen LogP contribution >= 0.6 is 11.3 Å². The molecule has 18 heavy (non-hydrogen) atoms. The van der Waals surface area contributed by atoms with E-state index in [1.807, 2.05) is 11.3 Å². The second kappa shape index (κ2) is 4.82. The van der Waals surface area contributed by atoms with Crippen molar-refractivity contribution in [1.82, 2.24) is 4.98 Å². The maximum atomic E-state index is 5.87. The number of anilines is 1. The molecule has 3 nitrogen and oxygen atoms in total. The maximum absolute atomic E-state index is 5.87. The number of nitrogens with zero attached hydrogens (tertiary/aromatic N) is 2. The number of thiazole rings is 1. The Bertz CT molecular complexity index is 423. The molecule has 1 saturated heterocycles. The van der Waals surface area contributed by atoms with Gasteiger partial charge in [0.2, 0.25) is 0 Å². The van der Waals surface area contributed by atoms with Crippen molar-refractivity contribution in [3.8, 4) is 0 Å². The van der Waals surface area contributed by atoms with E-state index in [1.165, 1.54) is 47.9 Å². The van der Waals surface area contributed by atoms with Gasteiger partial charge in [-0.1, -0.05) is 13.8 Å². The van der Waals surface area contributed by atoms with E-state index >= 15 is 0 Å². The van der Waals surface area contributed by atoms with Gasteiger partial charge in [-0.25, -0.2) is 4.98 Å². The molecule has 1 saturated carbocycles. The van der Waals surface area contributed by atoms with Gasteiger partial charge in [-0.3, -0.25) is 0 Å². The van der Waals surface area contributed by atoms with Crippen molar-refractivity contribution in [2.24, 2.45) is 11.7 Å². The lowest BCUT2D eigenvalue weighted by molar-refractivity contribution is 0.491. The first-order valence-corrected chi connectivity index (χ1v) is 7.98. The summed E-state index contributed by atoms with van der Waals surface area (Å²) in [5.41, 5.74) is 7.19. The highest BCUT2D eigenvalue weighted by molar-refractivity contribution is 7.15. The second-order valence-corrected chi connectivity index (χ2v) is 6.99. The van der Waals surface area contributed by atoms with E-state index in [0.29, 0.717) is 24.4 Å². The molecule has 1 aromatic rings. The van der Waals surface area contributed by atoms with Crippen LogP contribution in [0, 0.1) is 5.92 Å². The van der Waals surface area contributed by atoms with E-state index in [4.69, 9.17) is 10.7 Å². The van der Waals surface area contributed by atoms with E-state index in [9.17, 15) is 0 Å². The Morgan fingerprint density at radius 1 is 1.39 bits per heavy atom. The summed E-state index contributed by atoms with van der Waals surface area (Å²) in [6, 6.07) is 0.675. The zero-order valence-corrected chi connectivity index (χ0v) is 12.2. The van der Waals surface area contributed by atoms with Crippen LogP contribution in [-0.2, 0) is 6.54 Å². The van der Waals surface area contributed by atoms with Crippen LogP contribution in [0.25, 0.3) is 0 Å². The van der Waals surface area contributed by atoms with Crippen LogP contribution in [0.2, 0.25) is 0 Å². The molecule has 0 spiro atoms. The highest BCUT2D eigenvalue weighted by Gasteiger charge is 2.33. The Hall–Kier alpha value is -0.610. The molecule has 2 N–H and O–H groups in total. The Balaban J connectivity index is 1.87. The molecule has 1 aromatic heterocycles.